The maximum absolute atomic E-state index is 10.9. The van der Waals surface area contributed by atoms with Crippen LogP contribution in [0.2, 0.25) is 0 Å². The molecule has 1 rings (SSSR count). The fourth-order valence-electron chi connectivity index (χ4n) is 0.796. The van der Waals surface area contributed by atoms with E-state index in [9.17, 15) is 4.79 Å². The summed E-state index contributed by atoms with van der Waals surface area (Å²) in [6.07, 6.45) is 1.57. The fraction of sp³-hybridized carbons (Fsp3) is 0.222. The third-order valence-electron chi connectivity index (χ3n) is 1.39. The zero-order valence-corrected chi connectivity index (χ0v) is 7.61. The van der Waals surface area contributed by atoms with Gasteiger partial charge in [0.05, 0.1) is 7.11 Å². The third kappa shape index (κ3) is 3.02. The Hall–Kier alpha value is -1.71. The average Bonchev–Trinajstić information content (AvgIpc) is 2.20. The molecule has 0 saturated heterocycles. The molecule has 0 saturated carbocycles. The lowest BCUT2D eigenvalue weighted by Crippen LogP contribution is -2.05. The summed E-state index contributed by atoms with van der Waals surface area (Å²) in [6.45, 7) is 3.82. The first-order chi connectivity index (χ1) is 6.25. The normalized spacial score (nSPS) is 8.15. The van der Waals surface area contributed by atoms with E-state index in [0.717, 1.165) is 5.56 Å². The van der Waals surface area contributed by atoms with Crippen LogP contribution < -0.4 is 0 Å². The number of carbonyl (C=O) groups is 2. The number of methoxy groups -OCH3 is 1. The first-order valence-electron chi connectivity index (χ1n) is 3.54. The van der Waals surface area contributed by atoms with Crippen LogP contribution in [0.3, 0.4) is 0 Å². The molecule has 0 unspecified atom stereocenters. The molecule has 0 aliphatic rings. The number of nitrogens with zero attached hydrogens (tertiary/aromatic N) is 1. The van der Waals surface area contributed by atoms with Crippen molar-refractivity contribution in [3.05, 3.63) is 29.6 Å². The van der Waals surface area contributed by atoms with E-state index < -0.39 is 0 Å². The van der Waals surface area contributed by atoms with E-state index in [4.69, 9.17) is 4.79 Å². The van der Waals surface area contributed by atoms with Crippen LogP contribution in [0.1, 0.15) is 16.1 Å². The molecular weight excluding hydrogens is 170 g/mol. The van der Waals surface area contributed by atoms with Gasteiger partial charge in [0.2, 0.25) is 0 Å². The predicted molar refractivity (Wildman–Crippen MR) is 47.4 cm³/mol. The van der Waals surface area contributed by atoms with E-state index in [1.54, 1.807) is 12.3 Å². The molecule has 0 fully saturated rings. The van der Waals surface area contributed by atoms with Gasteiger partial charge in [0.1, 0.15) is 6.79 Å². The molecule has 0 amide bonds. The van der Waals surface area contributed by atoms with Crippen LogP contribution in [0.15, 0.2) is 18.3 Å². The first-order valence-corrected chi connectivity index (χ1v) is 3.54. The van der Waals surface area contributed by atoms with E-state index in [0.29, 0.717) is 5.69 Å². The first kappa shape index (κ1) is 11.3. The number of carbonyl (C=O) groups excluding carboxylic acids is 2. The van der Waals surface area contributed by atoms with Crippen molar-refractivity contribution in [2.45, 2.75) is 6.92 Å². The molecule has 1 aromatic heterocycles. The van der Waals surface area contributed by atoms with Gasteiger partial charge >= 0.3 is 5.97 Å². The minimum Gasteiger partial charge on any atom is -0.464 e. The Morgan fingerprint density at radius 3 is 2.62 bits per heavy atom. The second kappa shape index (κ2) is 5.88. The molecule has 0 bridgehead atoms. The molecule has 0 aliphatic carbocycles. The summed E-state index contributed by atoms with van der Waals surface area (Å²) in [7, 11) is 1.34. The van der Waals surface area contributed by atoms with Crippen molar-refractivity contribution >= 4 is 12.8 Å². The molecule has 0 aliphatic heterocycles. The molecule has 1 aromatic rings. The number of esters is 1. The molecule has 13 heavy (non-hydrogen) atoms. The van der Waals surface area contributed by atoms with E-state index in [1.807, 2.05) is 19.8 Å². The molecule has 4 heteroatoms. The van der Waals surface area contributed by atoms with Crippen molar-refractivity contribution in [2.24, 2.45) is 0 Å². The average molecular weight is 181 g/mol. The topological polar surface area (TPSA) is 56.3 Å². The van der Waals surface area contributed by atoms with Gasteiger partial charge in [0.25, 0.3) is 0 Å². The third-order valence-corrected chi connectivity index (χ3v) is 1.39. The lowest BCUT2D eigenvalue weighted by Gasteiger charge is -1.99. The Morgan fingerprint density at radius 1 is 1.54 bits per heavy atom. The minimum atomic E-state index is -0.386. The maximum atomic E-state index is 10.9. The fourth-order valence-corrected chi connectivity index (χ4v) is 0.796. The summed E-state index contributed by atoms with van der Waals surface area (Å²) >= 11 is 0. The van der Waals surface area contributed by atoms with Crippen LogP contribution in [-0.4, -0.2) is 24.9 Å². The quantitative estimate of drug-likeness (QED) is 0.606. The van der Waals surface area contributed by atoms with Gasteiger partial charge in [-0.05, 0) is 18.6 Å². The monoisotopic (exact) mass is 181 g/mol. The predicted octanol–water partition coefficient (Wildman–Crippen LogP) is 0.992. The summed E-state index contributed by atoms with van der Waals surface area (Å²) in [5, 5.41) is 0. The highest BCUT2D eigenvalue weighted by atomic mass is 16.5. The zero-order valence-electron chi connectivity index (χ0n) is 7.61. The molecular formula is C9H11NO3. The van der Waals surface area contributed by atoms with Crippen molar-refractivity contribution in [3.63, 3.8) is 0 Å². The molecule has 0 radical (unpaired) electrons. The Labute approximate surface area is 76.6 Å². The molecule has 4 nitrogen and oxygen atoms in total. The van der Waals surface area contributed by atoms with Crippen molar-refractivity contribution in [1.82, 2.24) is 4.98 Å². The molecule has 70 valence electrons. The molecule has 0 aromatic carbocycles. The van der Waals surface area contributed by atoms with E-state index >= 15 is 0 Å². The van der Waals surface area contributed by atoms with Gasteiger partial charge < -0.3 is 9.53 Å². The van der Waals surface area contributed by atoms with Crippen LogP contribution in [0, 0.1) is 6.92 Å². The molecule has 0 N–H and O–H groups in total. The number of aryl methyl sites for hydroxylation is 1. The van der Waals surface area contributed by atoms with E-state index in [-0.39, 0.29) is 5.97 Å². The Kier molecular flexibility index (Phi) is 5.11. The minimum absolute atomic E-state index is 0.384. The van der Waals surface area contributed by atoms with Gasteiger partial charge in [0.15, 0.2) is 5.69 Å². The van der Waals surface area contributed by atoms with Crippen LogP contribution in [0.25, 0.3) is 0 Å². The molecule has 0 atom stereocenters. The van der Waals surface area contributed by atoms with Crippen molar-refractivity contribution < 1.29 is 14.3 Å². The van der Waals surface area contributed by atoms with Gasteiger partial charge in [-0.15, -0.1) is 0 Å². The van der Waals surface area contributed by atoms with Gasteiger partial charge in [-0.2, -0.15) is 0 Å². The van der Waals surface area contributed by atoms with Crippen molar-refractivity contribution in [2.75, 3.05) is 7.11 Å². The largest absolute Gasteiger partial charge is 0.464 e. The highest BCUT2D eigenvalue weighted by Crippen LogP contribution is 2.03. The van der Waals surface area contributed by atoms with Crippen LogP contribution >= 0.6 is 0 Å². The van der Waals surface area contributed by atoms with Crippen molar-refractivity contribution in [3.8, 4) is 0 Å². The van der Waals surface area contributed by atoms with Gasteiger partial charge in [-0.1, -0.05) is 6.07 Å². The summed E-state index contributed by atoms with van der Waals surface area (Å²) in [5.74, 6) is -0.386. The Morgan fingerprint density at radius 2 is 2.15 bits per heavy atom. The number of rotatable bonds is 1. The zero-order chi connectivity index (χ0) is 10.3. The lowest BCUT2D eigenvalue weighted by atomic mass is 10.2. The lowest BCUT2D eigenvalue weighted by molar-refractivity contribution is -0.0979. The van der Waals surface area contributed by atoms with Crippen LogP contribution in [0.5, 0.6) is 0 Å². The number of ether oxygens (including phenoxy) is 1. The summed E-state index contributed by atoms with van der Waals surface area (Å²) in [5.41, 5.74) is 1.22. The smallest absolute Gasteiger partial charge is 0.356 e. The molecule has 0 spiro atoms. The standard InChI is InChI=1S/C8H9NO2.CH2O/c1-6-4-3-5-9-7(6)8(10)11-2;1-2/h3-5H,1-2H3;1H2. The maximum Gasteiger partial charge on any atom is 0.356 e. The highest BCUT2D eigenvalue weighted by Gasteiger charge is 2.08. The van der Waals surface area contributed by atoms with Gasteiger partial charge in [-0.25, -0.2) is 9.78 Å². The second-order valence-corrected chi connectivity index (χ2v) is 2.16. The summed E-state index contributed by atoms with van der Waals surface area (Å²) in [6, 6.07) is 3.60. The van der Waals surface area contributed by atoms with Gasteiger partial charge in [-0.3, -0.25) is 0 Å². The van der Waals surface area contributed by atoms with E-state index in [2.05, 4.69) is 9.72 Å². The number of aromatic nitrogens is 1. The summed E-state index contributed by atoms with van der Waals surface area (Å²) in [4.78, 5) is 22.8. The number of pyridine rings is 1. The summed E-state index contributed by atoms with van der Waals surface area (Å²) < 4.78 is 4.52. The number of hydrogen-bond donors (Lipinski definition) is 0. The number of hydrogen-bond acceptors (Lipinski definition) is 4. The van der Waals surface area contributed by atoms with Gasteiger partial charge in [0, 0.05) is 6.20 Å². The highest BCUT2D eigenvalue weighted by molar-refractivity contribution is 5.88. The molecule has 1 heterocycles. The van der Waals surface area contributed by atoms with Crippen molar-refractivity contribution in [1.29, 1.82) is 0 Å². The SMILES string of the molecule is C=O.COC(=O)c1ncccc1C. The van der Waals surface area contributed by atoms with E-state index in [1.165, 1.54) is 7.11 Å². The van der Waals surface area contributed by atoms with Crippen LogP contribution in [-0.2, 0) is 9.53 Å². The Bertz CT molecular complexity index is 286. The second-order valence-electron chi connectivity index (χ2n) is 2.16. The van der Waals surface area contributed by atoms with Crippen LogP contribution in [0.4, 0.5) is 0 Å². The Balaban J connectivity index is 0.000000671.